The lowest BCUT2D eigenvalue weighted by atomic mass is 9.86. The van der Waals surface area contributed by atoms with E-state index in [1.807, 2.05) is 48.2 Å². The minimum atomic E-state index is -0.509. The molecular formula is C28H28N2O3. The molecule has 2 aliphatic rings. The first-order valence-corrected chi connectivity index (χ1v) is 11.7. The number of nitrogens with one attached hydrogen (secondary N) is 1. The van der Waals surface area contributed by atoms with Crippen molar-refractivity contribution in [3.63, 3.8) is 0 Å². The Hall–Kier alpha value is -3.60. The summed E-state index contributed by atoms with van der Waals surface area (Å²) in [7, 11) is 0. The number of anilines is 1. The van der Waals surface area contributed by atoms with Crippen molar-refractivity contribution in [3.8, 4) is 5.75 Å². The van der Waals surface area contributed by atoms with Gasteiger partial charge in [-0.05, 0) is 67.1 Å². The van der Waals surface area contributed by atoms with Crippen LogP contribution < -0.4 is 10.1 Å². The van der Waals surface area contributed by atoms with Crippen LogP contribution in [-0.2, 0) is 17.8 Å². The van der Waals surface area contributed by atoms with Crippen molar-refractivity contribution in [2.45, 2.75) is 51.3 Å². The Morgan fingerprint density at radius 1 is 1.03 bits per heavy atom. The zero-order valence-electron chi connectivity index (χ0n) is 18.8. The zero-order chi connectivity index (χ0) is 22.8. The fraction of sp³-hybridized carbons (Fsp3) is 0.286. The van der Waals surface area contributed by atoms with Crippen molar-refractivity contribution in [2.24, 2.45) is 0 Å². The van der Waals surface area contributed by atoms with E-state index in [0.29, 0.717) is 30.0 Å². The molecule has 1 N–H and O–H groups in total. The number of fused-ring (bicyclic) bond motifs is 2. The normalized spacial score (nSPS) is 19.7. The van der Waals surface area contributed by atoms with Gasteiger partial charge in [-0.3, -0.25) is 9.59 Å². The Morgan fingerprint density at radius 3 is 2.64 bits per heavy atom. The molecule has 168 valence electrons. The van der Waals surface area contributed by atoms with Crippen molar-refractivity contribution in [1.82, 2.24) is 4.90 Å². The zero-order valence-corrected chi connectivity index (χ0v) is 18.8. The molecule has 5 rings (SSSR count). The molecule has 5 nitrogen and oxygen atoms in total. The minimum Gasteiger partial charge on any atom is -0.480 e. The first-order chi connectivity index (χ1) is 16.1. The van der Waals surface area contributed by atoms with Crippen LogP contribution in [0.1, 0.15) is 59.3 Å². The molecule has 0 fully saturated rings. The summed E-state index contributed by atoms with van der Waals surface area (Å²) in [4.78, 5) is 28.2. The number of hydrogen-bond acceptors (Lipinski definition) is 3. The van der Waals surface area contributed by atoms with E-state index in [1.165, 1.54) is 11.1 Å². The Kier molecular flexibility index (Phi) is 5.86. The molecule has 0 saturated heterocycles. The Morgan fingerprint density at radius 2 is 1.82 bits per heavy atom. The van der Waals surface area contributed by atoms with Gasteiger partial charge >= 0.3 is 0 Å². The summed E-state index contributed by atoms with van der Waals surface area (Å²) in [6.45, 7) is 2.44. The molecule has 33 heavy (non-hydrogen) atoms. The highest BCUT2D eigenvalue weighted by Crippen LogP contribution is 2.39. The van der Waals surface area contributed by atoms with Gasteiger partial charge in [-0.1, -0.05) is 49.4 Å². The molecule has 0 unspecified atom stereocenters. The van der Waals surface area contributed by atoms with Crippen molar-refractivity contribution >= 4 is 17.5 Å². The Labute approximate surface area is 194 Å². The maximum atomic E-state index is 13.5. The average molecular weight is 441 g/mol. The summed E-state index contributed by atoms with van der Waals surface area (Å²) in [5.74, 6) is 0.579. The molecule has 0 radical (unpaired) electrons. The largest absolute Gasteiger partial charge is 0.480 e. The van der Waals surface area contributed by atoms with E-state index in [0.717, 1.165) is 24.8 Å². The van der Waals surface area contributed by atoms with Gasteiger partial charge in [0.05, 0.1) is 12.6 Å². The monoisotopic (exact) mass is 440 g/mol. The van der Waals surface area contributed by atoms with Crippen LogP contribution in [0.2, 0.25) is 0 Å². The van der Waals surface area contributed by atoms with E-state index in [-0.39, 0.29) is 17.9 Å². The third kappa shape index (κ3) is 4.23. The van der Waals surface area contributed by atoms with Crippen LogP contribution in [0.3, 0.4) is 0 Å². The van der Waals surface area contributed by atoms with E-state index in [2.05, 4.69) is 29.6 Å². The number of rotatable bonds is 4. The number of amides is 2. The maximum Gasteiger partial charge on any atom is 0.264 e. The average Bonchev–Trinajstić information content (AvgIpc) is 3.00. The van der Waals surface area contributed by atoms with Crippen LogP contribution in [0.25, 0.3) is 0 Å². The molecule has 1 heterocycles. The van der Waals surface area contributed by atoms with Gasteiger partial charge in [0, 0.05) is 16.8 Å². The second kappa shape index (κ2) is 9.10. The third-order valence-corrected chi connectivity index (χ3v) is 6.61. The standard InChI is InChI=1S/C28H28N2O3/c1-2-25-28(32)30(24-14-8-12-19-9-6-7-13-23(19)24)18-21-17-22(15-16-26(21)33-25)29-27(31)20-10-4-3-5-11-20/h3-7,9-11,13,15-17,24-25H,2,8,12,14,18H2,1H3,(H,29,31)/t24-,25+/m1/s1. The number of hydrogen-bond donors (Lipinski definition) is 1. The summed E-state index contributed by atoms with van der Waals surface area (Å²) in [6.07, 6.45) is 3.15. The molecule has 0 spiro atoms. The van der Waals surface area contributed by atoms with Crippen molar-refractivity contribution in [2.75, 3.05) is 5.32 Å². The predicted molar refractivity (Wildman–Crippen MR) is 128 cm³/mol. The molecule has 1 aliphatic carbocycles. The lowest BCUT2D eigenvalue weighted by Crippen LogP contribution is -2.42. The second-order valence-electron chi connectivity index (χ2n) is 8.73. The van der Waals surface area contributed by atoms with Crippen LogP contribution in [-0.4, -0.2) is 22.8 Å². The van der Waals surface area contributed by atoms with Crippen molar-refractivity contribution in [1.29, 1.82) is 0 Å². The number of carbonyl (C=O) groups excluding carboxylic acids is 2. The van der Waals surface area contributed by atoms with Gasteiger partial charge in [0.15, 0.2) is 6.10 Å². The number of ether oxygens (including phenoxy) is 1. The number of aryl methyl sites for hydroxylation is 1. The smallest absolute Gasteiger partial charge is 0.264 e. The maximum absolute atomic E-state index is 13.5. The second-order valence-corrected chi connectivity index (χ2v) is 8.73. The van der Waals surface area contributed by atoms with E-state index in [9.17, 15) is 9.59 Å². The topological polar surface area (TPSA) is 58.6 Å². The molecule has 2 atom stereocenters. The molecule has 1 aliphatic heterocycles. The van der Waals surface area contributed by atoms with Gasteiger partial charge in [-0.2, -0.15) is 0 Å². The van der Waals surface area contributed by atoms with Gasteiger partial charge < -0.3 is 15.0 Å². The molecule has 3 aromatic rings. The van der Waals surface area contributed by atoms with E-state index in [1.54, 1.807) is 12.1 Å². The lowest BCUT2D eigenvalue weighted by molar-refractivity contribution is -0.141. The summed E-state index contributed by atoms with van der Waals surface area (Å²) in [5, 5.41) is 2.98. The number of nitrogens with zero attached hydrogens (tertiary/aromatic N) is 1. The SMILES string of the molecule is CC[C@@H]1Oc2ccc(NC(=O)c3ccccc3)cc2CN([C@@H]2CCCc3ccccc32)C1=O. The molecule has 0 bridgehead atoms. The molecule has 0 aromatic heterocycles. The number of carbonyl (C=O) groups is 2. The minimum absolute atomic E-state index is 0.0327. The fourth-order valence-corrected chi connectivity index (χ4v) is 4.91. The van der Waals surface area contributed by atoms with E-state index in [4.69, 9.17) is 4.74 Å². The van der Waals surface area contributed by atoms with Gasteiger partial charge in [0.1, 0.15) is 5.75 Å². The van der Waals surface area contributed by atoms with Crippen molar-refractivity contribution < 1.29 is 14.3 Å². The highest BCUT2D eigenvalue weighted by Gasteiger charge is 2.36. The van der Waals surface area contributed by atoms with Crippen LogP contribution in [0.15, 0.2) is 72.8 Å². The summed E-state index contributed by atoms with van der Waals surface area (Å²) in [6, 6.07) is 23.3. The Balaban J connectivity index is 1.47. The van der Waals surface area contributed by atoms with Gasteiger partial charge in [0.2, 0.25) is 0 Å². The Bertz CT molecular complexity index is 1170. The summed E-state index contributed by atoms with van der Waals surface area (Å²) < 4.78 is 6.17. The van der Waals surface area contributed by atoms with E-state index >= 15 is 0 Å². The molecule has 3 aromatic carbocycles. The van der Waals surface area contributed by atoms with Crippen LogP contribution in [0.5, 0.6) is 5.75 Å². The first kappa shape index (κ1) is 21.3. The highest BCUT2D eigenvalue weighted by molar-refractivity contribution is 6.04. The third-order valence-electron chi connectivity index (χ3n) is 6.61. The summed E-state index contributed by atoms with van der Waals surface area (Å²) >= 11 is 0. The summed E-state index contributed by atoms with van der Waals surface area (Å²) in [5.41, 5.74) is 4.77. The van der Waals surface area contributed by atoms with Crippen molar-refractivity contribution in [3.05, 3.63) is 95.1 Å². The van der Waals surface area contributed by atoms with Crippen LogP contribution in [0, 0.1) is 0 Å². The van der Waals surface area contributed by atoms with E-state index < -0.39 is 6.10 Å². The molecule has 5 heteroatoms. The van der Waals surface area contributed by atoms with Crippen LogP contribution in [0.4, 0.5) is 5.69 Å². The molecular weight excluding hydrogens is 412 g/mol. The lowest BCUT2D eigenvalue weighted by Gasteiger charge is -2.36. The number of benzene rings is 3. The molecule has 0 saturated carbocycles. The van der Waals surface area contributed by atoms with Gasteiger partial charge in [-0.25, -0.2) is 0 Å². The van der Waals surface area contributed by atoms with Gasteiger partial charge in [0.25, 0.3) is 11.8 Å². The van der Waals surface area contributed by atoms with Gasteiger partial charge in [-0.15, -0.1) is 0 Å². The first-order valence-electron chi connectivity index (χ1n) is 11.7. The molecule has 2 amide bonds. The quantitative estimate of drug-likeness (QED) is 0.581. The fourth-order valence-electron chi connectivity index (χ4n) is 4.91. The predicted octanol–water partition coefficient (Wildman–Crippen LogP) is 5.52. The van der Waals surface area contributed by atoms with Crippen LogP contribution >= 0.6 is 0 Å². The highest BCUT2D eigenvalue weighted by atomic mass is 16.5.